The second-order valence-corrected chi connectivity index (χ2v) is 3.74. The van der Waals surface area contributed by atoms with Crippen molar-refractivity contribution in [3.63, 3.8) is 0 Å². The van der Waals surface area contributed by atoms with E-state index >= 15 is 0 Å². The van der Waals surface area contributed by atoms with Crippen LogP contribution in [0.25, 0.3) is 0 Å². The van der Waals surface area contributed by atoms with Gasteiger partial charge in [-0.05, 0) is 38.4 Å². The molecule has 0 radical (unpaired) electrons. The smallest absolute Gasteiger partial charge is 0.218 e. The Bertz CT molecular complexity index is 164. The number of rotatable bonds is 4. The summed E-state index contributed by atoms with van der Waals surface area (Å²) in [5.74, 6) is 0.478. The normalized spacial score (nSPS) is 20.4. The van der Waals surface area contributed by atoms with Crippen molar-refractivity contribution in [2.75, 3.05) is 26.2 Å². The van der Waals surface area contributed by atoms with Gasteiger partial charge in [0.15, 0.2) is 0 Å². The average Bonchev–Trinajstić information content (AvgIpc) is 2.15. The molecule has 4 nitrogen and oxygen atoms in total. The number of carbonyl (C=O) groups is 1. The molecule has 1 aliphatic rings. The van der Waals surface area contributed by atoms with E-state index in [0.717, 1.165) is 39.0 Å². The summed E-state index contributed by atoms with van der Waals surface area (Å²) in [5, 5.41) is 0. The highest BCUT2D eigenvalue weighted by atomic mass is 16.1. The first-order valence-corrected chi connectivity index (χ1v) is 4.93. The van der Waals surface area contributed by atoms with Gasteiger partial charge in [-0.15, -0.1) is 0 Å². The topological polar surface area (TPSA) is 72.3 Å². The van der Waals surface area contributed by atoms with Crippen molar-refractivity contribution in [3.05, 3.63) is 0 Å². The molecule has 1 saturated heterocycles. The third-order valence-corrected chi connectivity index (χ3v) is 2.71. The maximum Gasteiger partial charge on any atom is 0.218 e. The van der Waals surface area contributed by atoms with E-state index in [1.807, 2.05) is 0 Å². The van der Waals surface area contributed by atoms with Gasteiger partial charge in [-0.2, -0.15) is 0 Å². The van der Waals surface area contributed by atoms with Gasteiger partial charge < -0.3 is 16.4 Å². The molecule has 4 heteroatoms. The van der Waals surface area contributed by atoms with E-state index in [1.54, 1.807) is 0 Å². The molecule has 1 rings (SSSR count). The molecule has 1 aliphatic heterocycles. The zero-order valence-electron chi connectivity index (χ0n) is 8.04. The van der Waals surface area contributed by atoms with E-state index in [9.17, 15) is 4.79 Å². The van der Waals surface area contributed by atoms with Gasteiger partial charge in [0.2, 0.25) is 5.91 Å². The summed E-state index contributed by atoms with van der Waals surface area (Å²) < 4.78 is 0. The highest BCUT2D eigenvalue weighted by Crippen LogP contribution is 2.15. The summed E-state index contributed by atoms with van der Waals surface area (Å²) in [7, 11) is 0. The fraction of sp³-hybridized carbons (Fsp3) is 0.889. The molecular weight excluding hydrogens is 166 g/mol. The summed E-state index contributed by atoms with van der Waals surface area (Å²) in [6, 6.07) is 0. The van der Waals surface area contributed by atoms with Crippen LogP contribution in [0.1, 0.15) is 19.3 Å². The predicted octanol–water partition coefficient (Wildman–Crippen LogP) is -0.467. The minimum atomic E-state index is -0.207. The van der Waals surface area contributed by atoms with Gasteiger partial charge in [-0.1, -0.05) is 0 Å². The van der Waals surface area contributed by atoms with Crippen LogP contribution in [0, 0.1) is 5.92 Å². The molecule has 0 saturated carbocycles. The minimum Gasteiger partial charge on any atom is -0.370 e. The number of amides is 1. The van der Waals surface area contributed by atoms with Crippen molar-refractivity contribution in [2.45, 2.75) is 19.3 Å². The third kappa shape index (κ3) is 3.74. The van der Waals surface area contributed by atoms with Gasteiger partial charge >= 0.3 is 0 Å². The van der Waals surface area contributed by atoms with E-state index < -0.39 is 0 Å². The summed E-state index contributed by atoms with van der Waals surface area (Å²) in [6.45, 7) is 3.74. The first-order chi connectivity index (χ1) is 6.22. The van der Waals surface area contributed by atoms with Gasteiger partial charge in [0.05, 0.1) is 0 Å². The fourth-order valence-electron chi connectivity index (χ4n) is 1.71. The Kier molecular flexibility index (Phi) is 4.18. The molecule has 0 aromatic heterocycles. The Morgan fingerprint density at radius 3 is 2.46 bits per heavy atom. The number of likely N-dealkylation sites (tertiary alicyclic amines) is 1. The maximum atomic E-state index is 10.5. The number of hydrogen-bond acceptors (Lipinski definition) is 3. The van der Waals surface area contributed by atoms with Crippen LogP contribution in [0.3, 0.4) is 0 Å². The second kappa shape index (κ2) is 5.19. The molecule has 13 heavy (non-hydrogen) atoms. The molecule has 0 unspecified atom stereocenters. The van der Waals surface area contributed by atoms with Crippen molar-refractivity contribution >= 4 is 5.91 Å². The minimum absolute atomic E-state index is 0.207. The van der Waals surface area contributed by atoms with Crippen molar-refractivity contribution < 1.29 is 4.79 Å². The van der Waals surface area contributed by atoms with Crippen LogP contribution in [0.15, 0.2) is 0 Å². The lowest BCUT2D eigenvalue weighted by Crippen LogP contribution is -2.37. The standard InChI is InChI=1S/C9H19N3O/c10-7-8-1-4-12(5-2-8)6-3-9(11)13/h8H,1-7,10H2,(H2,11,13). The van der Waals surface area contributed by atoms with E-state index in [2.05, 4.69) is 4.90 Å². The first kappa shape index (κ1) is 10.5. The van der Waals surface area contributed by atoms with E-state index in [4.69, 9.17) is 11.5 Å². The van der Waals surface area contributed by atoms with Crippen LogP contribution in [-0.2, 0) is 4.79 Å². The molecule has 0 aromatic rings. The van der Waals surface area contributed by atoms with Crippen LogP contribution >= 0.6 is 0 Å². The van der Waals surface area contributed by atoms with Gasteiger partial charge in [0.25, 0.3) is 0 Å². The molecule has 1 heterocycles. The molecule has 0 bridgehead atoms. The Labute approximate surface area is 79.3 Å². The highest BCUT2D eigenvalue weighted by Gasteiger charge is 2.17. The second-order valence-electron chi connectivity index (χ2n) is 3.74. The maximum absolute atomic E-state index is 10.5. The van der Waals surface area contributed by atoms with E-state index in [1.165, 1.54) is 0 Å². The Morgan fingerprint density at radius 2 is 2.00 bits per heavy atom. The van der Waals surface area contributed by atoms with Crippen LogP contribution < -0.4 is 11.5 Å². The van der Waals surface area contributed by atoms with Gasteiger partial charge in [-0.3, -0.25) is 4.79 Å². The summed E-state index contributed by atoms with van der Waals surface area (Å²) in [5.41, 5.74) is 10.7. The zero-order valence-corrected chi connectivity index (χ0v) is 8.04. The Morgan fingerprint density at radius 1 is 1.38 bits per heavy atom. The van der Waals surface area contributed by atoms with Crippen LogP contribution in [0.2, 0.25) is 0 Å². The van der Waals surface area contributed by atoms with E-state index in [-0.39, 0.29) is 5.91 Å². The molecular formula is C9H19N3O. The number of nitrogens with zero attached hydrogens (tertiary/aromatic N) is 1. The highest BCUT2D eigenvalue weighted by molar-refractivity contribution is 5.73. The molecule has 1 amide bonds. The monoisotopic (exact) mass is 185 g/mol. The van der Waals surface area contributed by atoms with Crippen molar-refractivity contribution in [1.82, 2.24) is 4.90 Å². The molecule has 4 N–H and O–H groups in total. The van der Waals surface area contributed by atoms with Crippen LogP contribution in [0.4, 0.5) is 0 Å². The van der Waals surface area contributed by atoms with Gasteiger partial charge in [0.1, 0.15) is 0 Å². The molecule has 76 valence electrons. The molecule has 0 atom stereocenters. The quantitative estimate of drug-likeness (QED) is 0.622. The van der Waals surface area contributed by atoms with Crippen molar-refractivity contribution in [3.8, 4) is 0 Å². The lowest BCUT2D eigenvalue weighted by Gasteiger charge is -2.30. The first-order valence-electron chi connectivity index (χ1n) is 4.93. The molecule has 0 aliphatic carbocycles. The number of carbonyl (C=O) groups excluding carboxylic acids is 1. The van der Waals surface area contributed by atoms with E-state index in [0.29, 0.717) is 12.3 Å². The van der Waals surface area contributed by atoms with Gasteiger partial charge in [0, 0.05) is 13.0 Å². The van der Waals surface area contributed by atoms with Crippen molar-refractivity contribution in [2.24, 2.45) is 17.4 Å². The van der Waals surface area contributed by atoms with Gasteiger partial charge in [-0.25, -0.2) is 0 Å². The van der Waals surface area contributed by atoms with Crippen LogP contribution in [0.5, 0.6) is 0 Å². The molecule has 0 aromatic carbocycles. The average molecular weight is 185 g/mol. The lowest BCUT2D eigenvalue weighted by molar-refractivity contribution is -0.118. The number of nitrogens with two attached hydrogens (primary N) is 2. The van der Waals surface area contributed by atoms with Crippen LogP contribution in [-0.4, -0.2) is 37.0 Å². The third-order valence-electron chi connectivity index (χ3n) is 2.71. The Hall–Kier alpha value is -0.610. The number of primary amides is 1. The summed E-state index contributed by atoms with van der Waals surface area (Å²) in [4.78, 5) is 12.8. The SMILES string of the molecule is NCC1CCN(CCC(N)=O)CC1. The predicted molar refractivity (Wildman–Crippen MR) is 52.0 cm³/mol. The summed E-state index contributed by atoms with van der Waals surface area (Å²) in [6.07, 6.45) is 2.80. The number of hydrogen-bond donors (Lipinski definition) is 2. The zero-order chi connectivity index (χ0) is 9.68. The molecule has 1 fully saturated rings. The fourth-order valence-corrected chi connectivity index (χ4v) is 1.71. The Balaban J connectivity index is 2.14. The lowest BCUT2D eigenvalue weighted by atomic mass is 9.97. The largest absolute Gasteiger partial charge is 0.370 e. The number of piperidine rings is 1. The molecule has 0 spiro atoms. The van der Waals surface area contributed by atoms with Crippen molar-refractivity contribution in [1.29, 1.82) is 0 Å². The summed E-state index contributed by atoms with van der Waals surface area (Å²) >= 11 is 0.